The van der Waals surface area contributed by atoms with Crippen molar-refractivity contribution in [3.05, 3.63) is 77.9 Å². The zero-order valence-electron chi connectivity index (χ0n) is 20.3. The zero-order chi connectivity index (χ0) is 23.0. The van der Waals surface area contributed by atoms with Crippen LogP contribution in [0.25, 0.3) is 22.5 Å². The number of aliphatic hydroxyl groups excluding tert-OH is 1. The summed E-state index contributed by atoms with van der Waals surface area (Å²) < 4.78 is 0. The maximum atomic E-state index is 10.6. The summed E-state index contributed by atoms with van der Waals surface area (Å²) in [6, 6.07) is 23.4. The fourth-order valence-corrected chi connectivity index (χ4v) is 5.30. The maximum Gasteiger partial charge on any atom is 0.0789 e. The lowest BCUT2D eigenvalue weighted by Gasteiger charge is -2.29. The number of aliphatic hydroxyl groups is 1. The Morgan fingerprint density at radius 2 is 1.52 bits per heavy atom. The summed E-state index contributed by atoms with van der Waals surface area (Å²) in [4.78, 5) is 5.02. The van der Waals surface area contributed by atoms with Gasteiger partial charge in [0.15, 0.2) is 0 Å². The van der Waals surface area contributed by atoms with Gasteiger partial charge < -0.3 is 5.11 Å². The molecule has 4 rings (SSSR count). The third-order valence-corrected chi connectivity index (χ3v) is 7.41. The Labute approximate surface area is 200 Å². The molecule has 1 N–H and O–H groups in total. The molecular weight excluding hydrogens is 402 g/mol. The minimum Gasteiger partial charge on any atom is -0.388 e. The van der Waals surface area contributed by atoms with Crippen LogP contribution in [0.2, 0.25) is 0 Å². The van der Waals surface area contributed by atoms with Gasteiger partial charge in [-0.15, -0.1) is 0 Å². The lowest BCUT2D eigenvalue weighted by Crippen LogP contribution is -2.13. The van der Waals surface area contributed by atoms with Crippen LogP contribution in [0, 0.1) is 5.92 Å². The van der Waals surface area contributed by atoms with Crippen molar-refractivity contribution in [2.75, 3.05) is 0 Å². The Kier molecular flexibility index (Phi) is 8.34. The van der Waals surface area contributed by atoms with E-state index in [0.29, 0.717) is 12.3 Å². The molecule has 33 heavy (non-hydrogen) atoms. The van der Waals surface area contributed by atoms with Gasteiger partial charge in [0.05, 0.1) is 17.5 Å². The lowest BCUT2D eigenvalue weighted by atomic mass is 9.77. The number of hydrogen-bond acceptors (Lipinski definition) is 2. The number of benzene rings is 2. The molecule has 1 heterocycles. The Morgan fingerprint density at radius 3 is 2.21 bits per heavy atom. The third-order valence-electron chi connectivity index (χ3n) is 7.41. The molecule has 1 saturated carbocycles. The van der Waals surface area contributed by atoms with Gasteiger partial charge in [-0.1, -0.05) is 88.1 Å². The third kappa shape index (κ3) is 6.12. The quantitative estimate of drug-likeness (QED) is 0.337. The van der Waals surface area contributed by atoms with Gasteiger partial charge in [-0.2, -0.15) is 0 Å². The van der Waals surface area contributed by atoms with Gasteiger partial charge in [-0.3, -0.25) is 0 Å². The van der Waals surface area contributed by atoms with Crippen molar-refractivity contribution >= 4 is 0 Å². The SMILES string of the molecule is CCCCCC1CCC(c2cccc(-c3cc([C@H](O)CC)cc(-c4ccccc4)n3)c2)CC1. The van der Waals surface area contributed by atoms with Crippen LogP contribution < -0.4 is 0 Å². The summed E-state index contributed by atoms with van der Waals surface area (Å²) in [6.07, 6.45) is 11.1. The average Bonchev–Trinajstić information content (AvgIpc) is 2.89. The Balaban J connectivity index is 1.57. The number of pyridine rings is 1. The molecule has 0 saturated heterocycles. The molecule has 0 unspecified atom stereocenters. The van der Waals surface area contributed by atoms with Crippen LogP contribution >= 0.6 is 0 Å². The summed E-state index contributed by atoms with van der Waals surface area (Å²) in [5.41, 5.74) is 6.51. The highest BCUT2D eigenvalue weighted by Crippen LogP contribution is 2.39. The monoisotopic (exact) mass is 441 g/mol. The molecule has 1 aromatic heterocycles. The van der Waals surface area contributed by atoms with Gasteiger partial charge in [-0.05, 0) is 73.3 Å². The molecular formula is C31H39NO. The Bertz CT molecular complexity index is 1000. The summed E-state index contributed by atoms with van der Waals surface area (Å²) in [7, 11) is 0. The van der Waals surface area contributed by atoms with Crippen LogP contribution in [0.4, 0.5) is 0 Å². The maximum absolute atomic E-state index is 10.6. The van der Waals surface area contributed by atoms with E-state index in [1.54, 1.807) is 0 Å². The highest BCUT2D eigenvalue weighted by molar-refractivity contribution is 5.68. The van der Waals surface area contributed by atoms with Crippen molar-refractivity contribution in [1.29, 1.82) is 0 Å². The van der Waals surface area contributed by atoms with Crippen molar-refractivity contribution in [1.82, 2.24) is 4.98 Å². The molecule has 0 bridgehead atoms. The number of nitrogens with zero attached hydrogens (tertiary/aromatic N) is 1. The van der Waals surface area contributed by atoms with E-state index in [-0.39, 0.29) is 0 Å². The molecule has 0 amide bonds. The van der Waals surface area contributed by atoms with E-state index in [4.69, 9.17) is 4.98 Å². The largest absolute Gasteiger partial charge is 0.388 e. The van der Waals surface area contributed by atoms with Crippen molar-refractivity contribution in [2.24, 2.45) is 5.92 Å². The molecule has 174 valence electrons. The standard InChI is InChI=1S/C31H39NO/c1-3-5-7-11-23-16-18-24(19-17-23)26-14-10-15-27(20-26)30-22-28(31(33)4-2)21-29(32-30)25-12-8-6-9-13-25/h6,8-10,12-15,20-24,31,33H,3-5,7,11,16-19H2,1-2H3/t23?,24?,31-/m1/s1. The number of rotatable bonds is 9. The highest BCUT2D eigenvalue weighted by Gasteiger charge is 2.22. The molecule has 1 aliphatic carbocycles. The summed E-state index contributed by atoms with van der Waals surface area (Å²) in [5, 5.41) is 10.6. The fraction of sp³-hybridized carbons (Fsp3) is 0.452. The minimum atomic E-state index is -0.472. The second-order valence-corrected chi connectivity index (χ2v) is 9.80. The first-order valence-corrected chi connectivity index (χ1v) is 13.0. The normalized spacial score (nSPS) is 19.4. The summed E-state index contributed by atoms with van der Waals surface area (Å²) in [6.45, 7) is 4.31. The first-order valence-electron chi connectivity index (χ1n) is 13.0. The molecule has 3 aromatic rings. The van der Waals surface area contributed by atoms with Gasteiger partial charge in [0.2, 0.25) is 0 Å². The van der Waals surface area contributed by atoms with E-state index in [9.17, 15) is 5.11 Å². The number of aromatic nitrogens is 1. The number of hydrogen-bond donors (Lipinski definition) is 1. The smallest absolute Gasteiger partial charge is 0.0789 e. The molecule has 0 aliphatic heterocycles. The van der Waals surface area contributed by atoms with E-state index >= 15 is 0 Å². The van der Waals surface area contributed by atoms with Crippen LogP contribution in [0.15, 0.2) is 66.7 Å². The second-order valence-electron chi connectivity index (χ2n) is 9.80. The number of unbranched alkanes of at least 4 members (excludes halogenated alkanes) is 2. The van der Waals surface area contributed by atoms with Crippen LogP contribution in [0.5, 0.6) is 0 Å². The van der Waals surface area contributed by atoms with Gasteiger partial charge in [-0.25, -0.2) is 4.98 Å². The van der Waals surface area contributed by atoms with Crippen molar-refractivity contribution in [2.45, 2.75) is 83.7 Å². The first kappa shape index (κ1) is 23.7. The van der Waals surface area contributed by atoms with E-state index < -0.39 is 6.10 Å². The molecule has 0 radical (unpaired) electrons. The predicted octanol–water partition coefficient (Wildman–Crippen LogP) is 8.71. The Morgan fingerprint density at radius 1 is 0.818 bits per heavy atom. The molecule has 2 nitrogen and oxygen atoms in total. The molecule has 0 spiro atoms. The van der Waals surface area contributed by atoms with Crippen molar-refractivity contribution in [3.63, 3.8) is 0 Å². The van der Waals surface area contributed by atoms with Gasteiger partial charge >= 0.3 is 0 Å². The summed E-state index contributed by atoms with van der Waals surface area (Å²) >= 11 is 0. The van der Waals surface area contributed by atoms with Crippen LogP contribution in [-0.2, 0) is 0 Å². The van der Waals surface area contributed by atoms with E-state index in [1.165, 1.54) is 56.9 Å². The zero-order valence-corrected chi connectivity index (χ0v) is 20.3. The molecule has 1 aliphatic rings. The highest BCUT2D eigenvalue weighted by atomic mass is 16.3. The topological polar surface area (TPSA) is 33.1 Å². The average molecular weight is 442 g/mol. The summed E-state index contributed by atoms with van der Waals surface area (Å²) in [5.74, 6) is 1.59. The van der Waals surface area contributed by atoms with Crippen molar-refractivity contribution in [3.8, 4) is 22.5 Å². The molecule has 1 atom stereocenters. The van der Waals surface area contributed by atoms with E-state index in [1.807, 2.05) is 31.2 Å². The van der Waals surface area contributed by atoms with Crippen LogP contribution in [0.3, 0.4) is 0 Å². The first-order chi connectivity index (χ1) is 16.2. The van der Waals surface area contributed by atoms with Crippen LogP contribution in [0.1, 0.15) is 94.8 Å². The van der Waals surface area contributed by atoms with Crippen LogP contribution in [-0.4, -0.2) is 10.1 Å². The molecule has 2 aromatic carbocycles. The van der Waals surface area contributed by atoms with Gasteiger partial charge in [0, 0.05) is 11.1 Å². The van der Waals surface area contributed by atoms with E-state index in [2.05, 4.69) is 49.4 Å². The van der Waals surface area contributed by atoms with Gasteiger partial charge in [0.25, 0.3) is 0 Å². The predicted molar refractivity (Wildman–Crippen MR) is 139 cm³/mol. The van der Waals surface area contributed by atoms with Gasteiger partial charge in [0.1, 0.15) is 0 Å². The molecule has 1 fully saturated rings. The lowest BCUT2D eigenvalue weighted by molar-refractivity contribution is 0.173. The Hall–Kier alpha value is -2.45. The van der Waals surface area contributed by atoms with Crippen molar-refractivity contribution < 1.29 is 5.11 Å². The molecule has 2 heteroatoms. The fourth-order valence-electron chi connectivity index (χ4n) is 5.30. The minimum absolute atomic E-state index is 0.472. The second kappa shape index (κ2) is 11.6. The van der Waals surface area contributed by atoms with E-state index in [0.717, 1.165) is 34.0 Å².